The predicted molar refractivity (Wildman–Crippen MR) is 90.6 cm³/mol. The van der Waals surface area contributed by atoms with Crippen LogP contribution in [0.3, 0.4) is 0 Å². The van der Waals surface area contributed by atoms with Crippen molar-refractivity contribution in [1.82, 2.24) is 5.06 Å². The van der Waals surface area contributed by atoms with E-state index in [1.165, 1.54) is 10.6 Å². The number of rotatable bonds is 4. The molecule has 1 fully saturated rings. The van der Waals surface area contributed by atoms with E-state index in [9.17, 15) is 10.3 Å². The van der Waals surface area contributed by atoms with E-state index < -0.39 is 11.6 Å². The van der Waals surface area contributed by atoms with E-state index in [0.717, 1.165) is 24.0 Å². The third kappa shape index (κ3) is 2.66. The van der Waals surface area contributed by atoms with Gasteiger partial charge in [0.15, 0.2) is 0 Å². The normalized spacial score (nSPS) is 29.8. The highest BCUT2D eigenvalue weighted by molar-refractivity contribution is 5.39. The van der Waals surface area contributed by atoms with Crippen LogP contribution in [0.25, 0.3) is 0 Å². The molecule has 1 heterocycles. The van der Waals surface area contributed by atoms with Crippen LogP contribution >= 0.6 is 0 Å². The number of hydrogen-bond donors (Lipinski definition) is 2. The lowest BCUT2D eigenvalue weighted by Crippen LogP contribution is -2.50. The highest BCUT2D eigenvalue weighted by atomic mass is 16.5. The maximum Gasteiger partial charge on any atom is 0.110 e. The molecule has 0 spiro atoms. The molecular weight excluding hydrogens is 302 g/mol. The van der Waals surface area contributed by atoms with E-state index in [1.807, 2.05) is 48.5 Å². The Hall–Kier alpha value is -1.72. The molecule has 3 atom stereocenters. The first-order chi connectivity index (χ1) is 11.7. The highest BCUT2D eigenvalue weighted by Gasteiger charge is 2.52. The van der Waals surface area contributed by atoms with Gasteiger partial charge in [-0.1, -0.05) is 54.6 Å². The quantitative estimate of drug-likeness (QED) is 0.907. The standard InChI is InChI=1S/C20H23NO3/c22-20(12-10-16-8-4-5-9-17(16)20)19-18(11-13-21(19)23)24-14-15-6-2-1-3-7-15/h1-9,18-19,22-23H,10-14H2/t18-,19-,20?/m0/s1. The summed E-state index contributed by atoms with van der Waals surface area (Å²) in [6.45, 7) is 1.02. The average molecular weight is 325 g/mol. The molecule has 0 radical (unpaired) electrons. The Morgan fingerprint density at radius 1 is 1.08 bits per heavy atom. The summed E-state index contributed by atoms with van der Waals surface area (Å²) in [4.78, 5) is 0. The van der Waals surface area contributed by atoms with E-state index in [4.69, 9.17) is 4.74 Å². The van der Waals surface area contributed by atoms with Gasteiger partial charge < -0.3 is 15.1 Å². The lowest BCUT2D eigenvalue weighted by molar-refractivity contribution is -0.191. The van der Waals surface area contributed by atoms with Gasteiger partial charge in [-0.3, -0.25) is 0 Å². The number of hydroxylamine groups is 2. The molecule has 2 aromatic carbocycles. The zero-order valence-corrected chi connectivity index (χ0v) is 13.6. The van der Waals surface area contributed by atoms with E-state index in [1.54, 1.807) is 0 Å². The molecule has 4 nitrogen and oxygen atoms in total. The summed E-state index contributed by atoms with van der Waals surface area (Å²) in [6.07, 6.45) is 1.99. The van der Waals surface area contributed by atoms with Crippen molar-refractivity contribution >= 4 is 0 Å². The molecule has 0 bridgehead atoms. The Morgan fingerprint density at radius 3 is 2.67 bits per heavy atom. The molecule has 2 aliphatic rings. The van der Waals surface area contributed by atoms with Crippen molar-refractivity contribution in [3.05, 3.63) is 71.3 Å². The first-order valence-corrected chi connectivity index (χ1v) is 8.60. The lowest BCUT2D eigenvalue weighted by atomic mass is 9.85. The minimum absolute atomic E-state index is 0.189. The number of ether oxygens (including phenoxy) is 1. The molecule has 1 aliphatic heterocycles. The van der Waals surface area contributed by atoms with Gasteiger partial charge in [0.25, 0.3) is 0 Å². The fraction of sp³-hybridized carbons (Fsp3) is 0.400. The Bertz CT molecular complexity index is 705. The Labute approximate surface area is 142 Å². The third-order valence-corrected chi connectivity index (χ3v) is 5.37. The second-order valence-corrected chi connectivity index (χ2v) is 6.81. The van der Waals surface area contributed by atoms with Crippen molar-refractivity contribution in [3.8, 4) is 0 Å². The first kappa shape index (κ1) is 15.8. The molecule has 4 rings (SSSR count). The first-order valence-electron chi connectivity index (χ1n) is 8.60. The van der Waals surface area contributed by atoms with Gasteiger partial charge in [-0.05, 0) is 36.0 Å². The zero-order valence-electron chi connectivity index (χ0n) is 13.6. The van der Waals surface area contributed by atoms with Crippen LogP contribution in [-0.4, -0.2) is 34.1 Å². The van der Waals surface area contributed by atoms with Gasteiger partial charge in [0.05, 0.1) is 18.8 Å². The van der Waals surface area contributed by atoms with E-state index in [2.05, 4.69) is 6.07 Å². The molecule has 0 aromatic heterocycles. The topological polar surface area (TPSA) is 52.9 Å². The van der Waals surface area contributed by atoms with Gasteiger partial charge in [-0.2, -0.15) is 5.06 Å². The molecule has 0 amide bonds. The summed E-state index contributed by atoms with van der Waals surface area (Å²) >= 11 is 0. The fourth-order valence-electron chi connectivity index (χ4n) is 4.18. The Balaban J connectivity index is 1.56. The number of fused-ring (bicyclic) bond motifs is 1. The van der Waals surface area contributed by atoms with Crippen molar-refractivity contribution < 1.29 is 15.1 Å². The minimum atomic E-state index is -1.05. The molecule has 0 saturated carbocycles. The molecule has 2 N–H and O–H groups in total. The minimum Gasteiger partial charge on any atom is -0.383 e. The van der Waals surface area contributed by atoms with Gasteiger partial charge in [0.1, 0.15) is 5.60 Å². The van der Waals surface area contributed by atoms with Gasteiger partial charge in [-0.25, -0.2) is 0 Å². The maximum atomic E-state index is 11.4. The number of benzene rings is 2. The van der Waals surface area contributed by atoms with Crippen LogP contribution in [0.4, 0.5) is 0 Å². The molecule has 1 aliphatic carbocycles. The Morgan fingerprint density at radius 2 is 1.83 bits per heavy atom. The summed E-state index contributed by atoms with van der Waals surface area (Å²) in [7, 11) is 0. The predicted octanol–water partition coefficient (Wildman–Crippen LogP) is 2.87. The molecule has 126 valence electrons. The second-order valence-electron chi connectivity index (χ2n) is 6.81. The summed E-state index contributed by atoms with van der Waals surface area (Å²) in [5, 5.41) is 23.1. The van der Waals surface area contributed by atoms with Crippen molar-refractivity contribution in [1.29, 1.82) is 0 Å². The third-order valence-electron chi connectivity index (χ3n) is 5.37. The number of aliphatic hydroxyl groups is 1. The van der Waals surface area contributed by atoms with Gasteiger partial charge in [0, 0.05) is 6.54 Å². The lowest BCUT2D eigenvalue weighted by Gasteiger charge is -2.37. The zero-order chi connectivity index (χ0) is 16.6. The van der Waals surface area contributed by atoms with Crippen LogP contribution in [0.5, 0.6) is 0 Å². The number of hydrogen-bond acceptors (Lipinski definition) is 4. The fourth-order valence-corrected chi connectivity index (χ4v) is 4.18. The molecule has 4 heteroatoms. The van der Waals surface area contributed by atoms with Crippen molar-refractivity contribution in [2.45, 2.75) is 43.6 Å². The van der Waals surface area contributed by atoms with Gasteiger partial charge in [0.2, 0.25) is 0 Å². The van der Waals surface area contributed by atoms with Crippen LogP contribution in [0.1, 0.15) is 29.5 Å². The van der Waals surface area contributed by atoms with E-state index >= 15 is 0 Å². The largest absolute Gasteiger partial charge is 0.383 e. The van der Waals surface area contributed by atoms with Gasteiger partial charge >= 0.3 is 0 Å². The summed E-state index contributed by atoms with van der Waals surface area (Å²) < 4.78 is 6.10. The van der Waals surface area contributed by atoms with Crippen molar-refractivity contribution in [2.24, 2.45) is 0 Å². The SMILES string of the molecule is ON1CC[C@H](OCc2ccccc2)[C@H]1C1(O)CCc2ccccc21. The molecule has 24 heavy (non-hydrogen) atoms. The number of nitrogens with zero attached hydrogens (tertiary/aromatic N) is 1. The molecular formula is C20H23NO3. The summed E-state index contributed by atoms with van der Waals surface area (Å²) in [6, 6.07) is 17.6. The van der Waals surface area contributed by atoms with Crippen LogP contribution in [0.15, 0.2) is 54.6 Å². The second kappa shape index (κ2) is 6.30. The smallest absolute Gasteiger partial charge is 0.110 e. The van der Waals surface area contributed by atoms with Crippen LogP contribution in [0, 0.1) is 0 Å². The highest BCUT2D eigenvalue weighted by Crippen LogP contribution is 2.44. The van der Waals surface area contributed by atoms with E-state index in [0.29, 0.717) is 19.6 Å². The summed E-state index contributed by atoms with van der Waals surface area (Å²) in [5.74, 6) is 0. The van der Waals surface area contributed by atoms with Crippen molar-refractivity contribution in [2.75, 3.05) is 6.54 Å². The Kier molecular flexibility index (Phi) is 4.14. The average Bonchev–Trinajstić information content (AvgIpc) is 3.16. The number of aryl methyl sites for hydroxylation is 1. The van der Waals surface area contributed by atoms with Gasteiger partial charge in [-0.15, -0.1) is 0 Å². The molecule has 1 unspecified atom stereocenters. The molecule has 1 saturated heterocycles. The van der Waals surface area contributed by atoms with Crippen LogP contribution in [-0.2, 0) is 23.4 Å². The molecule has 2 aromatic rings. The van der Waals surface area contributed by atoms with E-state index in [-0.39, 0.29) is 6.10 Å². The maximum absolute atomic E-state index is 11.4. The monoisotopic (exact) mass is 325 g/mol. The van der Waals surface area contributed by atoms with Crippen molar-refractivity contribution in [3.63, 3.8) is 0 Å². The summed E-state index contributed by atoms with van der Waals surface area (Å²) in [5.41, 5.74) is 2.15. The van der Waals surface area contributed by atoms with Crippen LogP contribution in [0.2, 0.25) is 0 Å². The van der Waals surface area contributed by atoms with Crippen LogP contribution < -0.4 is 0 Å².